The Kier molecular flexibility index (Phi) is 5.61. The van der Waals surface area contributed by atoms with Gasteiger partial charge in [0, 0.05) is 17.9 Å². The molecule has 114 valence electrons. The fourth-order valence-electron chi connectivity index (χ4n) is 2.07. The van der Waals surface area contributed by atoms with Crippen LogP contribution in [0.5, 0.6) is 5.75 Å². The largest absolute Gasteiger partial charge is 0.487 e. The molecule has 0 radical (unpaired) electrons. The minimum atomic E-state index is -0.230. The summed E-state index contributed by atoms with van der Waals surface area (Å²) < 4.78 is 21.0. The minimum absolute atomic E-state index is 0.230. The molecule has 0 unspecified atom stereocenters. The second-order valence-electron chi connectivity index (χ2n) is 4.72. The fourth-order valence-corrected chi connectivity index (χ4v) is 4.99. The van der Waals surface area contributed by atoms with Crippen molar-refractivity contribution in [3.63, 3.8) is 0 Å². The average molecular weight is 539 g/mol. The number of ether oxygens (including phenoxy) is 1. The molecule has 0 N–H and O–H groups in total. The van der Waals surface area contributed by atoms with Gasteiger partial charge in [-0.1, -0.05) is 12.1 Å². The summed E-state index contributed by atoms with van der Waals surface area (Å²) in [6, 6.07) is 10.6. The maximum Gasteiger partial charge on any atom is 0.146 e. The second kappa shape index (κ2) is 7.48. The Morgan fingerprint density at radius 3 is 2.41 bits per heavy atom. The molecule has 0 bridgehead atoms. The second-order valence-corrected chi connectivity index (χ2v) is 8.13. The smallest absolute Gasteiger partial charge is 0.146 e. The SMILES string of the molecule is Fc1ccc(COc2c(I)cc(C3=NCCS3)cc2I)cc1. The third-order valence-corrected chi connectivity index (χ3v) is 5.75. The Morgan fingerprint density at radius 1 is 1.14 bits per heavy atom. The van der Waals surface area contributed by atoms with Gasteiger partial charge < -0.3 is 4.74 Å². The Balaban J connectivity index is 1.77. The molecule has 6 heteroatoms. The number of benzene rings is 2. The van der Waals surface area contributed by atoms with Crippen LogP contribution in [0.4, 0.5) is 4.39 Å². The lowest BCUT2D eigenvalue weighted by Crippen LogP contribution is -2.02. The van der Waals surface area contributed by atoms with E-state index in [1.807, 2.05) is 0 Å². The number of thioether (sulfide) groups is 1. The van der Waals surface area contributed by atoms with Gasteiger partial charge in [-0.3, -0.25) is 4.99 Å². The van der Waals surface area contributed by atoms with Crippen molar-refractivity contribution in [3.8, 4) is 5.75 Å². The highest BCUT2D eigenvalue weighted by molar-refractivity contribution is 14.1. The van der Waals surface area contributed by atoms with Gasteiger partial charge in [-0.05, 0) is 75.0 Å². The summed E-state index contributed by atoms with van der Waals surface area (Å²) in [7, 11) is 0. The summed E-state index contributed by atoms with van der Waals surface area (Å²) in [5.41, 5.74) is 2.11. The van der Waals surface area contributed by atoms with Crippen LogP contribution >= 0.6 is 56.9 Å². The van der Waals surface area contributed by atoms with E-state index >= 15 is 0 Å². The summed E-state index contributed by atoms with van der Waals surface area (Å²) in [6.07, 6.45) is 0. The zero-order valence-electron chi connectivity index (χ0n) is 11.5. The van der Waals surface area contributed by atoms with Gasteiger partial charge in [0.05, 0.1) is 12.2 Å². The summed E-state index contributed by atoms with van der Waals surface area (Å²) >= 11 is 6.38. The van der Waals surface area contributed by atoms with Crippen molar-refractivity contribution in [3.05, 3.63) is 60.5 Å². The van der Waals surface area contributed by atoms with Gasteiger partial charge in [-0.15, -0.1) is 11.8 Å². The highest BCUT2D eigenvalue weighted by Gasteiger charge is 2.15. The first-order valence-corrected chi connectivity index (χ1v) is 9.82. The summed E-state index contributed by atoms with van der Waals surface area (Å²) in [5, 5.41) is 1.11. The summed E-state index contributed by atoms with van der Waals surface area (Å²) in [5.74, 6) is 1.70. The van der Waals surface area contributed by atoms with E-state index in [2.05, 4.69) is 62.3 Å². The predicted molar refractivity (Wildman–Crippen MR) is 106 cm³/mol. The van der Waals surface area contributed by atoms with Crippen LogP contribution in [0.3, 0.4) is 0 Å². The Labute approximate surface area is 160 Å². The number of hydrogen-bond acceptors (Lipinski definition) is 3. The number of nitrogens with zero attached hydrogens (tertiary/aromatic N) is 1. The molecule has 0 aromatic heterocycles. The molecule has 22 heavy (non-hydrogen) atoms. The molecular weight excluding hydrogens is 527 g/mol. The van der Waals surface area contributed by atoms with Crippen molar-refractivity contribution in [2.75, 3.05) is 12.3 Å². The van der Waals surface area contributed by atoms with E-state index in [0.717, 1.165) is 41.4 Å². The molecule has 0 spiro atoms. The molecule has 0 fully saturated rings. The average Bonchev–Trinajstić information content (AvgIpc) is 3.02. The lowest BCUT2D eigenvalue weighted by Gasteiger charge is -2.12. The maximum atomic E-state index is 12.9. The fraction of sp³-hybridized carbons (Fsp3) is 0.188. The van der Waals surface area contributed by atoms with Crippen molar-refractivity contribution < 1.29 is 9.13 Å². The van der Waals surface area contributed by atoms with Crippen molar-refractivity contribution in [1.82, 2.24) is 0 Å². The van der Waals surface area contributed by atoms with E-state index in [1.54, 1.807) is 23.9 Å². The molecule has 1 aliphatic heterocycles. The predicted octanol–water partition coefficient (Wildman–Crippen LogP) is 5.11. The lowest BCUT2D eigenvalue weighted by molar-refractivity contribution is 0.301. The number of halogens is 3. The first-order chi connectivity index (χ1) is 10.6. The van der Waals surface area contributed by atoms with Gasteiger partial charge >= 0.3 is 0 Å². The molecule has 2 aromatic carbocycles. The lowest BCUT2D eigenvalue weighted by atomic mass is 10.2. The van der Waals surface area contributed by atoms with Crippen LogP contribution in [-0.4, -0.2) is 17.3 Å². The molecule has 0 atom stereocenters. The van der Waals surface area contributed by atoms with Gasteiger partial charge in [0.25, 0.3) is 0 Å². The van der Waals surface area contributed by atoms with Crippen molar-refractivity contribution in [1.29, 1.82) is 0 Å². The van der Waals surface area contributed by atoms with E-state index in [1.165, 1.54) is 12.1 Å². The third-order valence-electron chi connectivity index (χ3n) is 3.13. The standard InChI is InChI=1S/C16H12FI2NOS/c17-12-3-1-10(2-4-12)9-21-15-13(18)7-11(8-14(15)19)16-20-5-6-22-16/h1-4,7-8H,5-6,9H2. The van der Waals surface area contributed by atoms with Crippen LogP contribution in [0, 0.1) is 13.0 Å². The maximum absolute atomic E-state index is 12.9. The van der Waals surface area contributed by atoms with E-state index in [4.69, 9.17) is 4.74 Å². The highest BCUT2D eigenvalue weighted by atomic mass is 127. The molecule has 2 nitrogen and oxygen atoms in total. The quantitative estimate of drug-likeness (QED) is 0.505. The van der Waals surface area contributed by atoms with Crippen molar-refractivity contribution >= 4 is 62.0 Å². The molecule has 3 rings (SSSR count). The summed E-state index contributed by atoms with van der Waals surface area (Å²) in [6.45, 7) is 1.33. The third kappa shape index (κ3) is 3.94. The zero-order valence-corrected chi connectivity index (χ0v) is 16.6. The normalized spacial score (nSPS) is 14.0. The highest BCUT2D eigenvalue weighted by Crippen LogP contribution is 2.32. The van der Waals surface area contributed by atoms with Gasteiger partial charge in [-0.25, -0.2) is 4.39 Å². The van der Waals surface area contributed by atoms with Crippen LogP contribution in [-0.2, 0) is 6.61 Å². The Morgan fingerprint density at radius 2 is 1.82 bits per heavy atom. The summed E-state index contributed by atoms with van der Waals surface area (Å²) in [4.78, 5) is 4.52. The Bertz CT molecular complexity index is 696. The van der Waals surface area contributed by atoms with Gasteiger partial charge in [0.15, 0.2) is 0 Å². The molecule has 0 saturated heterocycles. The minimum Gasteiger partial charge on any atom is -0.487 e. The van der Waals surface area contributed by atoms with Crippen LogP contribution < -0.4 is 4.74 Å². The van der Waals surface area contributed by atoms with E-state index in [9.17, 15) is 4.39 Å². The first-order valence-electron chi connectivity index (χ1n) is 6.67. The van der Waals surface area contributed by atoms with E-state index < -0.39 is 0 Å². The van der Waals surface area contributed by atoms with Gasteiger partial charge in [-0.2, -0.15) is 0 Å². The zero-order chi connectivity index (χ0) is 15.5. The van der Waals surface area contributed by atoms with Crippen LogP contribution in [0.15, 0.2) is 41.4 Å². The van der Waals surface area contributed by atoms with Crippen LogP contribution in [0.1, 0.15) is 11.1 Å². The number of aliphatic imine (C=N–C) groups is 1. The molecule has 0 amide bonds. The van der Waals surface area contributed by atoms with Crippen molar-refractivity contribution in [2.45, 2.75) is 6.61 Å². The number of hydrogen-bond donors (Lipinski definition) is 0. The molecule has 1 aliphatic rings. The molecule has 1 heterocycles. The van der Waals surface area contributed by atoms with Gasteiger partial charge in [0.1, 0.15) is 18.2 Å². The first kappa shape index (κ1) is 16.5. The molecule has 0 aliphatic carbocycles. The van der Waals surface area contributed by atoms with Crippen molar-refractivity contribution in [2.24, 2.45) is 4.99 Å². The van der Waals surface area contributed by atoms with Crippen LogP contribution in [0.25, 0.3) is 0 Å². The van der Waals surface area contributed by atoms with Crippen LogP contribution in [0.2, 0.25) is 0 Å². The molecule has 2 aromatic rings. The van der Waals surface area contributed by atoms with Gasteiger partial charge in [0.2, 0.25) is 0 Å². The molecule has 0 saturated carbocycles. The topological polar surface area (TPSA) is 21.6 Å². The molecular formula is C16H12FI2NOS. The number of rotatable bonds is 4. The van der Waals surface area contributed by atoms with E-state index in [0.29, 0.717) is 6.61 Å². The van der Waals surface area contributed by atoms with E-state index in [-0.39, 0.29) is 5.82 Å². The Hall–Kier alpha value is -0.350. The monoisotopic (exact) mass is 539 g/mol.